The normalized spacial score (nSPS) is 10.9. The number of carbonyl (C=O) groups is 2. The summed E-state index contributed by atoms with van der Waals surface area (Å²) in [6.07, 6.45) is 1.81. The van der Waals surface area contributed by atoms with Gasteiger partial charge in [0, 0.05) is 22.0 Å². The van der Waals surface area contributed by atoms with Gasteiger partial charge in [-0.15, -0.1) is 0 Å². The van der Waals surface area contributed by atoms with Gasteiger partial charge in [0.2, 0.25) is 0 Å². The summed E-state index contributed by atoms with van der Waals surface area (Å²) in [4.78, 5) is 25.5. The first-order valence-electron chi connectivity index (χ1n) is 11.6. The van der Waals surface area contributed by atoms with Gasteiger partial charge in [-0.2, -0.15) is 0 Å². The van der Waals surface area contributed by atoms with Crippen molar-refractivity contribution in [2.45, 2.75) is 40.5 Å². The molecule has 2 aromatic rings. The van der Waals surface area contributed by atoms with Gasteiger partial charge in [-0.3, -0.25) is 9.59 Å². The highest BCUT2D eigenvalue weighted by Crippen LogP contribution is 2.25. The topological polar surface area (TPSA) is 76.7 Å². The molecule has 0 radical (unpaired) electrons. The molecule has 0 saturated carbocycles. The fourth-order valence-corrected chi connectivity index (χ4v) is 3.68. The first-order valence-corrected chi connectivity index (χ1v) is 13.2. The monoisotopic (exact) mass is 596 g/mol. The Labute approximate surface area is 219 Å². The van der Waals surface area contributed by atoms with Crippen LogP contribution in [0, 0.1) is 11.8 Å². The van der Waals surface area contributed by atoms with Gasteiger partial charge < -0.3 is 20.1 Å². The molecule has 0 bridgehead atoms. The third-order valence-electron chi connectivity index (χ3n) is 4.97. The molecule has 0 saturated heterocycles. The highest BCUT2D eigenvalue weighted by Gasteiger charge is 2.15. The number of nitrogens with one attached hydrogen (secondary N) is 2. The molecule has 0 unspecified atom stereocenters. The van der Waals surface area contributed by atoms with Crippen LogP contribution in [0.1, 0.15) is 61.3 Å². The van der Waals surface area contributed by atoms with Crippen molar-refractivity contribution in [1.82, 2.24) is 10.6 Å². The van der Waals surface area contributed by atoms with E-state index in [2.05, 4.69) is 70.2 Å². The Morgan fingerprint density at radius 3 is 1.47 bits per heavy atom. The summed E-state index contributed by atoms with van der Waals surface area (Å²) in [5.74, 6) is 1.61. The van der Waals surface area contributed by atoms with E-state index in [0.29, 0.717) is 47.7 Å². The van der Waals surface area contributed by atoms with Crippen molar-refractivity contribution in [3.05, 3.63) is 56.5 Å². The average Bonchev–Trinajstić information content (AvgIpc) is 2.77. The number of ether oxygens (including phenoxy) is 2. The zero-order valence-corrected chi connectivity index (χ0v) is 23.4. The van der Waals surface area contributed by atoms with Gasteiger partial charge in [0.1, 0.15) is 11.5 Å². The maximum atomic E-state index is 12.8. The Bertz CT molecular complexity index is 886. The van der Waals surface area contributed by atoms with Crippen LogP contribution in [0.25, 0.3) is 0 Å². The number of hydrogen-bond donors (Lipinski definition) is 2. The predicted molar refractivity (Wildman–Crippen MR) is 143 cm³/mol. The van der Waals surface area contributed by atoms with E-state index in [1.165, 1.54) is 0 Å². The molecule has 0 aliphatic heterocycles. The van der Waals surface area contributed by atoms with Crippen molar-refractivity contribution >= 4 is 43.7 Å². The molecule has 0 aromatic heterocycles. The summed E-state index contributed by atoms with van der Waals surface area (Å²) in [6.45, 7) is 10.2. The third-order valence-corrected chi connectivity index (χ3v) is 5.96. The van der Waals surface area contributed by atoms with Gasteiger partial charge in [0.05, 0.1) is 24.3 Å². The fourth-order valence-electron chi connectivity index (χ4n) is 2.96. The van der Waals surface area contributed by atoms with Crippen LogP contribution in [0.3, 0.4) is 0 Å². The highest BCUT2D eigenvalue weighted by molar-refractivity contribution is 9.10. The molecular weight excluding hydrogens is 564 g/mol. The second-order valence-electron chi connectivity index (χ2n) is 8.85. The summed E-state index contributed by atoms with van der Waals surface area (Å²) >= 11 is 6.83. The summed E-state index contributed by atoms with van der Waals surface area (Å²) in [5.41, 5.74) is 0.912. The molecule has 2 N–H and O–H groups in total. The Morgan fingerprint density at radius 1 is 0.735 bits per heavy atom. The third kappa shape index (κ3) is 9.66. The lowest BCUT2D eigenvalue weighted by Gasteiger charge is -2.14. The van der Waals surface area contributed by atoms with E-state index in [9.17, 15) is 9.59 Å². The zero-order chi connectivity index (χ0) is 25.1. The van der Waals surface area contributed by atoms with E-state index >= 15 is 0 Å². The lowest BCUT2D eigenvalue weighted by atomic mass is 10.1. The number of benzene rings is 2. The van der Waals surface area contributed by atoms with Gasteiger partial charge in [-0.1, -0.05) is 59.6 Å². The van der Waals surface area contributed by atoms with Gasteiger partial charge in [0.25, 0.3) is 11.8 Å². The molecule has 0 spiro atoms. The number of hydrogen-bond acceptors (Lipinski definition) is 4. The van der Waals surface area contributed by atoms with E-state index in [4.69, 9.17) is 9.47 Å². The largest absolute Gasteiger partial charge is 0.493 e. The van der Waals surface area contributed by atoms with Crippen molar-refractivity contribution in [2.75, 3.05) is 26.3 Å². The van der Waals surface area contributed by atoms with E-state index in [-0.39, 0.29) is 24.9 Å². The predicted octanol–water partition coefficient (Wildman–Crippen LogP) is 6.22. The lowest BCUT2D eigenvalue weighted by molar-refractivity contribution is 0.0923. The van der Waals surface area contributed by atoms with Crippen LogP contribution in [0.5, 0.6) is 11.5 Å². The van der Waals surface area contributed by atoms with Crippen LogP contribution < -0.4 is 20.1 Å². The molecule has 34 heavy (non-hydrogen) atoms. The molecule has 0 atom stereocenters. The maximum absolute atomic E-state index is 12.8. The van der Waals surface area contributed by atoms with Gasteiger partial charge in [-0.25, -0.2) is 0 Å². The molecular formula is C26H34Br2N2O4. The molecule has 0 aliphatic carbocycles. The molecule has 0 aliphatic rings. The number of amides is 2. The Hall–Kier alpha value is -2.06. The van der Waals surface area contributed by atoms with Crippen molar-refractivity contribution in [3.8, 4) is 11.5 Å². The van der Waals surface area contributed by atoms with Crippen LogP contribution in [0.15, 0.2) is 45.3 Å². The molecule has 8 heteroatoms. The van der Waals surface area contributed by atoms with E-state index < -0.39 is 0 Å². The number of rotatable bonds is 13. The second kappa shape index (κ2) is 14.4. The SMILES string of the molecule is CC(C)CCOc1ccc(Br)cc1C(=O)NCCNC(=O)c1cc(Br)ccc1OCCC(C)C. The molecule has 0 heterocycles. The van der Waals surface area contributed by atoms with E-state index in [1.54, 1.807) is 24.3 Å². The summed E-state index contributed by atoms with van der Waals surface area (Å²) < 4.78 is 13.2. The zero-order valence-electron chi connectivity index (χ0n) is 20.3. The van der Waals surface area contributed by atoms with Gasteiger partial charge in [0.15, 0.2) is 0 Å². The molecule has 186 valence electrons. The smallest absolute Gasteiger partial charge is 0.255 e. The van der Waals surface area contributed by atoms with Crippen LogP contribution in [0.2, 0.25) is 0 Å². The first kappa shape index (κ1) is 28.2. The Balaban J connectivity index is 1.91. The lowest BCUT2D eigenvalue weighted by Crippen LogP contribution is -2.35. The highest BCUT2D eigenvalue weighted by atomic mass is 79.9. The molecule has 2 rings (SSSR count). The fraction of sp³-hybridized carbons (Fsp3) is 0.462. The van der Waals surface area contributed by atoms with Crippen LogP contribution in [-0.4, -0.2) is 38.1 Å². The van der Waals surface area contributed by atoms with Crippen molar-refractivity contribution in [2.24, 2.45) is 11.8 Å². The number of carbonyl (C=O) groups excluding carboxylic acids is 2. The quantitative estimate of drug-likeness (QED) is 0.269. The van der Waals surface area contributed by atoms with Crippen LogP contribution >= 0.6 is 31.9 Å². The van der Waals surface area contributed by atoms with Crippen molar-refractivity contribution in [3.63, 3.8) is 0 Å². The van der Waals surface area contributed by atoms with E-state index in [1.807, 2.05) is 12.1 Å². The maximum Gasteiger partial charge on any atom is 0.255 e. The van der Waals surface area contributed by atoms with Gasteiger partial charge >= 0.3 is 0 Å². The molecule has 2 amide bonds. The second-order valence-corrected chi connectivity index (χ2v) is 10.7. The summed E-state index contributed by atoms with van der Waals surface area (Å²) in [5, 5.41) is 5.70. The molecule has 2 aromatic carbocycles. The van der Waals surface area contributed by atoms with E-state index in [0.717, 1.165) is 21.8 Å². The minimum Gasteiger partial charge on any atom is -0.493 e. The van der Waals surface area contributed by atoms with Gasteiger partial charge in [-0.05, 0) is 61.1 Å². The summed E-state index contributed by atoms with van der Waals surface area (Å²) in [6, 6.07) is 10.7. The summed E-state index contributed by atoms with van der Waals surface area (Å²) in [7, 11) is 0. The van der Waals surface area contributed by atoms with Crippen LogP contribution in [0.4, 0.5) is 0 Å². The van der Waals surface area contributed by atoms with Crippen molar-refractivity contribution < 1.29 is 19.1 Å². The molecule has 0 fully saturated rings. The number of halogens is 2. The van der Waals surface area contributed by atoms with Crippen molar-refractivity contribution in [1.29, 1.82) is 0 Å². The Morgan fingerprint density at radius 2 is 1.12 bits per heavy atom. The Kier molecular flexibility index (Phi) is 11.9. The van der Waals surface area contributed by atoms with Crippen LogP contribution in [-0.2, 0) is 0 Å². The minimum atomic E-state index is -0.254. The minimum absolute atomic E-state index is 0.254. The standard InChI is InChI=1S/C26H34Br2N2O4/c1-17(2)9-13-33-23-7-5-19(27)15-21(23)25(31)29-11-12-30-26(32)22-16-20(28)6-8-24(22)34-14-10-18(3)4/h5-8,15-18H,9-14H2,1-4H3,(H,29,31)(H,30,32). The molecule has 6 nitrogen and oxygen atoms in total. The first-order chi connectivity index (χ1) is 16.2. The average molecular weight is 598 g/mol.